The Balaban J connectivity index is 0.00000167. The van der Waals surface area contributed by atoms with E-state index in [4.69, 9.17) is 16.4 Å². The van der Waals surface area contributed by atoms with Gasteiger partial charge in [-0.1, -0.05) is 45.5 Å². The molecule has 0 saturated heterocycles. The molecule has 1 aliphatic heterocycles. The van der Waals surface area contributed by atoms with Crippen molar-refractivity contribution in [2.24, 2.45) is 0 Å². The Kier molecular flexibility index (Phi) is 8.26. The van der Waals surface area contributed by atoms with E-state index in [0.717, 1.165) is 40.3 Å². The first-order valence-electron chi connectivity index (χ1n) is 11.8. The lowest BCUT2D eigenvalue weighted by molar-refractivity contribution is 0.331. The second-order valence-corrected chi connectivity index (χ2v) is 7.98. The van der Waals surface area contributed by atoms with Crippen LogP contribution in [0.3, 0.4) is 0 Å². The van der Waals surface area contributed by atoms with Crippen molar-refractivity contribution in [1.29, 1.82) is 10.7 Å². The molecule has 7 nitrogen and oxygen atoms in total. The number of benzene rings is 2. The fourth-order valence-electron chi connectivity index (χ4n) is 4.03. The van der Waals surface area contributed by atoms with E-state index < -0.39 is 0 Å². The molecule has 4 rings (SSSR count). The van der Waals surface area contributed by atoms with Crippen molar-refractivity contribution in [3.8, 4) is 17.2 Å². The lowest BCUT2D eigenvalue weighted by Gasteiger charge is -2.21. The lowest BCUT2D eigenvalue weighted by Crippen LogP contribution is -2.28. The Morgan fingerprint density at radius 2 is 2.06 bits per heavy atom. The first kappa shape index (κ1) is 25.5. The molecule has 0 unspecified atom stereocenters. The third-order valence-corrected chi connectivity index (χ3v) is 5.82. The predicted molar refractivity (Wildman–Crippen MR) is 138 cm³/mol. The average Bonchev–Trinajstić information content (AvgIpc) is 3.45. The second-order valence-electron chi connectivity index (χ2n) is 7.98. The van der Waals surface area contributed by atoms with E-state index in [2.05, 4.69) is 27.9 Å². The highest BCUT2D eigenvalue weighted by Crippen LogP contribution is 2.30. The van der Waals surface area contributed by atoms with Crippen molar-refractivity contribution in [3.63, 3.8) is 0 Å². The summed E-state index contributed by atoms with van der Waals surface area (Å²) < 4.78 is 13.8. The standard InChI is InChI=1S/C25H26FN7.C2H6/c1-3-16-5-7-18(26)12-20(16)17-6-8-19(21(28)11-17)24(29)25-31-22-13-33(14-23(22)32-25)15(2)30-10-4-9-27;1-2/h5-8,11-12,29-30H,2-4,10,13-14,28H2,1H3,(H,31,32);1-2H3. The molecular weight excluding hydrogens is 441 g/mol. The highest BCUT2D eigenvalue weighted by Gasteiger charge is 2.25. The summed E-state index contributed by atoms with van der Waals surface area (Å²) in [5, 5.41) is 20.4. The van der Waals surface area contributed by atoms with Crippen LogP contribution in [0.1, 0.15) is 55.5 Å². The molecule has 0 aliphatic carbocycles. The zero-order chi connectivity index (χ0) is 25.5. The molecule has 2 heterocycles. The number of nitriles is 1. The van der Waals surface area contributed by atoms with Crippen molar-refractivity contribution >= 4 is 11.4 Å². The Labute approximate surface area is 206 Å². The minimum Gasteiger partial charge on any atom is -0.398 e. The van der Waals surface area contributed by atoms with Gasteiger partial charge in [0.2, 0.25) is 0 Å². The maximum Gasteiger partial charge on any atom is 0.156 e. The Morgan fingerprint density at radius 1 is 1.29 bits per heavy atom. The molecule has 0 bridgehead atoms. The van der Waals surface area contributed by atoms with Crippen LogP contribution >= 0.6 is 0 Å². The summed E-state index contributed by atoms with van der Waals surface area (Å²) in [5.74, 6) is 0.916. The number of anilines is 1. The predicted octanol–water partition coefficient (Wildman–Crippen LogP) is 5.09. The van der Waals surface area contributed by atoms with Crippen LogP contribution in [0.25, 0.3) is 11.1 Å². The van der Waals surface area contributed by atoms with E-state index in [1.165, 1.54) is 12.1 Å². The number of hydrogen-bond acceptors (Lipinski definition) is 6. The first-order valence-corrected chi connectivity index (χ1v) is 11.8. The summed E-state index contributed by atoms with van der Waals surface area (Å²) in [6.07, 6.45) is 1.19. The Hall–Kier alpha value is -4.12. The minimum absolute atomic E-state index is 0.209. The number of fused-ring (bicyclic) bond motifs is 1. The average molecular weight is 474 g/mol. The van der Waals surface area contributed by atoms with Gasteiger partial charge in [-0.2, -0.15) is 5.26 Å². The van der Waals surface area contributed by atoms with Crippen LogP contribution in [0.5, 0.6) is 0 Å². The molecule has 0 spiro atoms. The third kappa shape index (κ3) is 5.52. The number of imidazole rings is 1. The zero-order valence-electron chi connectivity index (χ0n) is 20.5. The maximum atomic E-state index is 13.8. The highest BCUT2D eigenvalue weighted by molar-refractivity contribution is 6.12. The van der Waals surface area contributed by atoms with Crippen LogP contribution in [0.2, 0.25) is 0 Å². The fraction of sp³-hybridized carbons (Fsp3) is 0.296. The van der Waals surface area contributed by atoms with Crippen LogP contribution in [-0.2, 0) is 19.5 Å². The number of rotatable bonds is 8. The normalized spacial score (nSPS) is 11.8. The number of hydrogen-bond donors (Lipinski definition) is 4. The number of nitrogens with two attached hydrogens (primary N) is 1. The van der Waals surface area contributed by atoms with Crippen LogP contribution < -0.4 is 11.1 Å². The van der Waals surface area contributed by atoms with Crippen molar-refractivity contribution in [1.82, 2.24) is 20.2 Å². The van der Waals surface area contributed by atoms with E-state index in [0.29, 0.717) is 43.1 Å². The smallest absolute Gasteiger partial charge is 0.156 e. The van der Waals surface area contributed by atoms with Crippen LogP contribution in [-0.4, -0.2) is 27.1 Å². The monoisotopic (exact) mass is 473 g/mol. The molecule has 5 N–H and O–H groups in total. The number of nitrogen functional groups attached to an aromatic ring is 1. The first-order chi connectivity index (χ1) is 16.9. The van der Waals surface area contributed by atoms with Gasteiger partial charge in [0.05, 0.1) is 42.8 Å². The zero-order valence-corrected chi connectivity index (χ0v) is 20.5. The van der Waals surface area contributed by atoms with Crippen molar-refractivity contribution in [2.75, 3.05) is 12.3 Å². The second kappa shape index (κ2) is 11.3. The van der Waals surface area contributed by atoms with E-state index in [-0.39, 0.29) is 11.5 Å². The lowest BCUT2D eigenvalue weighted by atomic mass is 9.95. The number of aromatic amines is 1. The van der Waals surface area contributed by atoms with Gasteiger partial charge in [0.15, 0.2) is 5.82 Å². The number of nitrogens with zero attached hydrogens (tertiary/aromatic N) is 3. The van der Waals surface area contributed by atoms with Gasteiger partial charge in [0.25, 0.3) is 0 Å². The maximum absolute atomic E-state index is 13.8. The van der Waals surface area contributed by atoms with Gasteiger partial charge in [-0.05, 0) is 41.3 Å². The van der Waals surface area contributed by atoms with Crippen molar-refractivity contribution < 1.29 is 4.39 Å². The number of aryl methyl sites for hydroxylation is 1. The quantitative estimate of drug-likeness (QED) is 0.206. The number of halogens is 1. The molecule has 0 fully saturated rings. The Bertz CT molecular complexity index is 1250. The van der Waals surface area contributed by atoms with Gasteiger partial charge < -0.3 is 20.9 Å². The SMILES string of the molecule is C=C(NCCC#N)N1Cc2nc(C(=N)c3ccc(-c4cc(F)ccc4CC)cc3N)[nH]c2C1.CC. The van der Waals surface area contributed by atoms with Gasteiger partial charge in [-0.15, -0.1) is 0 Å². The molecule has 0 atom stereocenters. The molecule has 182 valence electrons. The third-order valence-electron chi connectivity index (χ3n) is 5.82. The van der Waals surface area contributed by atoms with Crippen molar-refractivity contribution in [2.45, 2.75) is 46.7 Å². The Morgan fingerprint density at radius 3 is 2.71 bits per heavy atom. The number of aromatic nitrogens is 2. The molecule has 0 saturated carbocycles. The van der Waals surface area contributed by atoms with Crippen LogP contribution in [0, 0.1) is 22.6 Å². The molecule has 2 aromatic carbocycles. The summed E-state index contributed by atoms with van der Waals surface area (Å²) in [4.78, 5) is 9.88. The van der Waals surface area contributed by atoms with E-state index in [1.807, 2.05) is 31.7 Å². The number of H-pyrrole nitrogens is 1. The molecule has 0 radical (unpaired) electrons. The topological polar surface area (TPSA) is 118 Å². The molecule has 1 aliphatic rings. The van der Waals surface area contributed by atoms with Crippen LogP contribution in [0.4, 0.5) is 10.1 Å². The molecule has 35 heavy (non-hydrogen) atoms. The summed E-state index contributed by atoms with van der Waals surface area (Å²) >= 11 is 0. The summed E-state index contributed by atoms with van der Waals surface area (Å²) in [6, 6.07) is 12.3. The largest absolute Gasteiger partial charge is 0.398 e. The summed E-state index contributed by atoms with van der Waals surface area (Å²) in [6.45, 7) is 11.8. The van der Waals surface area contributed by atoms with E-state index >= 15 is 0 Å². The molecule has 1 aromatic heterocycles. The van der Waals surface area contributed by atoms with E-state index in [1.54, 1.807) is 18.2 Å². The van der Waals surface area contributed by atoms with Crippen molar-refractivity contribution in [3.05, 3.63) is 83.0 Å². The van der Waals surface area contributed by atoms with Gasteiger partial charge in [0.1, 0.15) is 11.5 Å². The van der Waals surface area contributed by atoms with Gasteiger partial charge in [0, 0.05) is 17.8 Å². The van der Waals surface area contributed by atoms with E-state index in [9.17, 15) is 4.39 Å². The summed E-state index contributed by atoms with van der Waals surface area (Å²) in [5.41, 5.74) is 12.0. The molecule has 0 amide bonds. The fourth-order valence-corrected chi connectivity index (χ4v) is 4.03. The highest BCUT2D eigenvalue weighted by atomic mass is 19.1. The minimum atomic E-state index is -0.292. The van der Waals surface area contributed by atoms with Gasteiger partial charge >= 0.3 is 0 Å². The number of nitrogens with one attached hydrogen (secondary N) is 3. The molecule has 3 aromatic rings. The summed E-state index contributed by atoms with van der Waals surface area (Å²) in [7, 11) is 0. The van der Waals surface area contributed by atoms with Crippen LogP contribution in [0.15, 0.2) is 48.8 Å². The van der Waals surface area contributed by atoms with Gasteiger partial charge in [-0.3, -0.25) is 5.41 Å². The van der Waals surface area contributed by atoms with Gasteiger partial charge in [-0.25, -0.2) is 9.37 Å². The molecule has 8 heteroatoms. The molecular formula is C27H32FN7.